The lowest BCUT2D eigenvalue weighted by atomic mass is 9.95. The Balaban J connectivity index is 2.49. The molecule has 0 saturated heterocycles. The van der Waals surface area contributed by atoms with Crippen molar-refractivity contribution in [1.29, 1.82) is 0 Å². The Bertz CT molecular complexity index is 403. The van der Waals surface area contributed by atoms with Crippen LogP contribution in [0.25, 0.3) is 0 Å². The van der Waals surface area contributed by atoms with Gasteiger partial charge in [-0.15, -0.1) is 0 Å². The first-order valence-electron chi connectivity index (χ1n) is 5.96. The largest absolute Gasteiger partial charge is 0.294 e. The second kappa shape index (κ2) is 6.91. The molecule has 0 aliphatic heterocycles. The molecular formula is C14H19NO3. The van der Waals surface area contributed by atoms with Gasteiger partial charge < -0.3 is 0 Å². The van der Waals surface area contributed by atoms with E-state index in [0.29, 0.717) is 18.4 Å². The van der Waals surface area contributed by atoms with Crippen LogP contribution in [0.15, 0.2) is 30.3 Å². The first kappa shape index (κ1) is 14.4. The van der Waals surface area contributed by atoms with Gasteiger partial charge in [0.15, 0.2) is 5.78 Å². The summed E-state index contributed by atoms with van der Waals surface area (Å²) in [5.41, 5.74) is 0.692. The van der Waals surface area contributed by atoms with E-state index >= 15 is 0 Å². The van der Waals surface area contributed by atoms with Crippen molar-refractivity contribution >= 4 is 11.7 Å². The Labute approximate surface area is 108 Å². The Morgan fingerprint density at radius 1 is 1.28 bits per heavy atom. The van der Waals surface area contributed by atoms with Crippen molar-refractivity contribution in [1.82, 2.24) is 5.06 Å². The van der Waals surface area contributed by atoms with Crippen LogP contribution in [0, 0.1) is 5.92 Å². The highest BCUT2D eigenvalue weighted by atomic mass is 16.7. The molecule has 0 heterocycles. The van der Waals surface area contributed by atoms with E-state index in [2.05, 4.69) is 0 Å². The van der Waals surface area contributed by atoms with E-state index < -0.39 is 0 Å². The quantitative estimate of drug-likeness (QED) is 0.574. The molecule has 1 aromatic carbocycles. The van der Waals surface area contributed by atoms with E-state index in [4.69, 9.17) is 4.84 Å². The highest BCUT2D eigenvalue weighted by molar-refractivity contribution is 5.97. The van der Waals surface area contributed by atoms with Crippen LogP contribution >= 0.6 is 0 Å². The van der Waals surface area contributed by atoms with Crippen LogP contribution < -0.4 is 0 Å². The minimum Gasteiger partial charge on any atom is -0.294 e. The summed E-state index contributed by atoms with van der Waals surface area (Å²) in [6, 6.07) is 9.13. The maximum absolute atomic E-state index is 12.0. The summed E-state index contributed by atoms with van der Waals surface area (Å²) in [6.45, 7) is 1.84. The van der Waals surface area contributed by atoms with E-state index in [-0.39, 0.29) is 17.6 Å². The smallest absolute Gasteiger partial charge is 0.245 e. The molecule has 1 rings (SSSR count). The van der Waals surface area contributed by atoms with Gasteiger partial charge in [-0.25, -0.2) is 5.06 Å². The summed E-state index contributed by atoms with van der Waals surface area (Å²) < 4.78 is 0. The van der Waals surface area contributed by atoms with Crippen LogP contribution in [0.3, 0.4) is 0 Å². The number of hydrogen-bond donors (Lipinski definition) is 0. The fourth-order valence-electron chi connectivity index (χ4n) is 1.62. The van der Waals surface area contributed by atoms with E-state index in [1.165, 1.54) is 12.2 Å². The summed E-state index contributed by atoms with van der Waals surface area (Å²) in [7, 11) is 3.00. The SMILES string of the molecule is CON(C)C(=O)CC[C@@H](C)C(=O)c1ccccc1. The number of carbonyl (C=O) groups excluding carboxylic acids is 2. The Morgan fingerprint density at radius 3 is 2.44 bits per heavy atom. The molecule has 0 saturated carbocycles. The first-order chi connectivity index (χ1) is 8.56. The molecule has 1 aromatic rings. The number of benzene rings is 1. The van der Waals surface area contributed by atoms with Crippen molar-refractivity contribution in [2.45, 2.75) is 19.8 Å². The summed E-state index contributed by atoms with van der Waals surface area (Å²) in [4.78, 5) is 28.4. The standard InChI is InChI=1S/C14H19NO3/c1-11(9-10-13(16)15(2)18-3)14(17)12-7-5-4-6-8-12/h4-8,11H,9-10H2,1-3H3/t11-/m1/s1. The van der Waals surface area contributed by atoms with E-state index in [1.807, 2.05) is 25.1 Å². The zero-order valence-corrected chi connectivity index (χ0v) is 11.1. The van der Waals surface area contributed by atoms with Crippen LogP contribution in [-0.2, 0) is 9.63 Å². The van der Waals surface area contributed by atoms with Gasteiger partial charge in [0.2, 0.25) is 5.91 Å². The molecule has 1 amide bonds. The van der Waals surface area contributed by atoms with Gasteiger partial charge in [-0.2, -0.15) is 0 Å². The molecule has 4 heteroatoms. The fraction of sp³-hybridized carbons (Fsp3) is 0.429. The fourth-order valence-corrected chi connectivity index (χ4v) is 1.62. The number of rotatable bonds is 6. The maximum Gasteiger partial charge on any atom is 0.245 e. The van der Waals surface area contributed by atoms with Crippen molar-refractivity contribution in [3.63, 3.8) is 0 Å². The lowest BCUT2D eigenvalue weighted by Gasteiger charge is -2.15. The van der Waals surface area contributed by atoms with Gasteiger partial charge in [0, 0.05) is 24.9 Å². The van der Waals surface area contributed by atoms with Crippen molar-refractivity contribution in [2.75, 3.05) is 14.2 Å². The molecule has 1 atom stereocenters. The van der Waals surface area contributed by atoms with Gasteiger partial charge in [-0.3, -0.25) is 14.4 Å². The molecule has 4 nitrogen and oxygen atoms in total. The van der Waals surface area contributed by atoms with Gasteiger partial charge in [-0.1, -0.05) is 37.3 Å². The van der Waals surface area contributed by atoms with Crippen LogP contribution in [0.5, 0.6) is 0 Å². The van der Waals surface area contributed by atoms with Gasteiger partial charge in [0.1, 0.15) is 0 Å². The minimum absolute atomic E-state index is 0.0727. The molecule has 0 aliphatic rings. The molecule has 0 unspecified atom stereocenters. The molecular weight excluding hydrogens is 230 g/mol. The lowest BCUT2D eigenvalue weighted by Crippen LogP contribution is -2.26. The van der Waals surface area contributed by atoms with Crippen LogP contribution in [0.1, 0.15) is 30.1 Å². The number of hydroxylamine groups is 2. The van der Waals surface area contributed by atoms with E-state index in [0.717, 1.165) is 0 Å². The molecule has 18 heavy (non-hydrogen) atoms. The van der Waals surface area contributed by atoms with Crippen molar-refractivity contribution in [3.05, 3.63) is 35.9 Å². The lowest BCUT2D eigenvalue weighted by molar-refractivity contribution is -0.168. The Morgan fingerprint density at radius 2 is 1.89 bits per heavy atom. The third-order valence-electron chi connectivity index (χ3n) is 2.92. The van der Waals surface area contributed by atoms with Crippen LogP contribution in [0.4, 0.5) is 0 Å². The average Bonchev–Trinajstić information content (AvgIpc) is 2.43. The summed E-state index contributed by atoms with van der Waals surface area (Å²) >= 11 is 0. The minimum atomic E-state index is -0.165. The molecule has 0 aliphatic carbocycles. The van der Waals surface area contributed by atoms with Crippen molar-refractivity contribution in [3.8, 4) is 0 Å². The average molecular weight is 249 g/mol. The zero-order chi connectivity index (χ0) is 13.5. The van der Waals surface area contributed by atoms with Crippen molar-refractivity contribution in [2.24, 2.45) is 5.92 Å². The summed E-state index contributed by atoms with van der Waals surface area (Å²) in [5, 5.41) is 1.18. The zero-order valence-electron chi connectivity index (χ0n) is 11.1. The van der Waals surface area contributed by atoms with Gasteiger partial charge in [0.05, 0.1) is 7.11 Å². The molecule has 0 bridgehead atoms. The molecule has 0 N–H and O–H groups in total. The topological polar surface area (TPSA) is 46.6 Å². The maximum atomic E-state index is 12.0. The predicted octanol–water partition coefficient (Wildman–Crippen LogP) is 2.31. The van der Waals surface area contributed by atoms with Crippen LogP contribution in [-0.4, -0.2) is 30.9 Å². The third kappa shape index (κ3) is 3.96. The van der Waals surface area contributed by atoms with E-state index in [1.54, 1.807) is 19.2 Å². The van der Waals surface area contributed by atoms with Crippen molar-refractivity contribution < 1.29 is 14.4 Å². The second-order valence-electron chi connectivity index (χ2n) is 4.24. The summed E-state index contributed by atoms with van der Waals surface area (Å²) in [5.74, 6) is -0.213. The molecule has 0 radical (unpaired) electrons. The molecule has 0 fully saturated rings. The monoisotopic (exact) mass is 249 g/mol. The number of carbonyl (C=O) groups is 2. The number of amides is 1. The van der Waals surface area contributed by atoms with Gasteiger partial charge in [0.25, 0.3) is 0 Å². The number of ketones is 1. The first-order valence-corrected chi connectivity index (χ1v) is 5.96. The second-order valence-corrected chi connectivity index (χ2v) is 4.24. The van der Waals surface area contributed by atoms with Crippen LogP contribution in [0.2, 0.25) is 0 Å². The number of hydrogen-bond acceptors (Lipinski definition) is 3. The molecule has 0 spiro atoms. The molecule has 0 aromatic heterocycles. The number of nitrogens with zero attached hydrogens (tertiary/aromatic N) is 1. The predicted molar refractivity (Wildman–Crippen MR) is 68.9 cm³/mol. The van der Waals surface area contributed by atoms with E-state index in [9.17, 15) is 9.59 Å². The Kier molecular flexibility index (Phi) is 5.52. The van der Waals surface area contributed by atoms with Gasteiger partial charge in [-0.05, 0) is 6.42 Å². The van der Waals surface area contributed by atoms with Gasteiger partial charge >= 0.3 is 0 Å². The highest BCUT2D eigenvalue weighted by Crippen LogP contribution is 2.14. The Hall–Kier alpha value is -1.68. The number of Topliss-reactive ketones (excluding diaryl/α,β-unsaturated/α-hetero) is 1. The normalized spacial score (nSPS) is 11.9. The molecule has 98 valence electrons. The summed E-state index contributed by atoms with van der Waals surface area (Å²) in [6.07, 6.45) is 0.838. The third-order valence-corrected chi connectivity index (χ3v) is 2.92. The highest BCUT2D eigenvalue weighted by Gasteiger charge is 2.17.